The van der Waals surface area contributed by atoms with Gasteiger partial charge < -0.3 is 20.7 Å². The molecule has 4 aromatic heterocycles. The van der Waals surface area contributed by atoms with Gasteiger partial charge in [0.05, 0.1) is 32.6 Å². The van der Waals surface area contributed by atoms with Crippen molar-refractivity contribution < 1.29 is 23.9 Å². The third kappa shape index (κ3) is 9.91. The summed E-state index contributed by atoms with van der Waals surface area (Å²) in [7, 11) is 1.24. The van der Waals surface area contributed by atoms with Crippen molar-refractivity contribution in [2.75, 3.05) is 24.3 Å². The molecule has 1 saturated carbocycles. The van der Waals surface area contributed by atoms with Gasteiger partial charge in [0.2, 0.25) is 0 Å². The van der Waals surface area contributed by atoms with Crippen LogP contribution in [-0.4, -0.2) is 87.3 Å². The second kappa shape index (κ2) is 20.1. The molecule has 18 heteroatoms. The molecule has 4 aromatic carbocycles. The van der Waals surface area contributed by atoms with Gasteiger partial charge in [0.25, 0.3) is 17.7 Å². The molecule has 1 fully saturated rings. The molecule has 64 heavy (non-hydrogen) atoms. The van der Waals surface area contributed by atoms with E-state index in [1.807, 2.05) is 60.7 Å². The molecule has 3 amide bonds. The number of nitrogens with one attached hydrogen (secondary N) is 3. The minimum Gasteiger partial charge on any atom is -0.464 e. The number of carbonyl (C=O) groups excluding carboxylic acids is 4. The Morgan fingerprint density at radius 3 is 1.56 bits per heavy atom. The molecule has 18 nitrogen and oxygen atoms in total. The van der Waals surface area contributed by atoms with Gasteiger partial charge in [-0.25, -0.2) is 34.1 Å². The third-order valence-corrected chi connectivity index (χ3v) is 10.9. The maximum absolute atomic E-state index is 13.3. The molecule has 1 aliphatic carbocycles. The molecule has 322 valence electrons. The minimum atomic E-state index is -0.679. The number of nitrogens with zero attached hydrogens (tertiary/aromatic N) is 10. The van der Waals surface area contributed by atoms with E-state index in [0.717, 1.165) is 45.5 Å². The lowest BCUT2D eigenvalue weighted by Gasteiger charge is -2.21. The molecule has 4 heterocycles. The number of esters is 1. The standard InChI is InChI=1S/C26H27N7O2.C20H16N6O3/c34-25(22-11-10-19(17-33-15-14-30-32-33)20-8-4-5-9-21(20)22)31-24-23(27-12-13-28-24)26(35)29-16-18-6-2-1-3-7-18;1-29-20(28)17-18(22-9-8-21-17)24-19(27)16-7-6-13(12-26-11-10-23-25-26)14-4-2-3-5-15(14)16/h4-5,8-15,18H,1-3,6-7,16-17H2,(H,29,35)(H,28,31,34);2-11H,12H2,1H3,(H,22,24,27). The van der Waals surface area contributed by atoms with E-state index in [-0.39, 0.29) is 34.8 Å². The zero-order valence-corrected chi connectivity index (χ0v) is 34.8. The Morgan fingerprint density at radius 1 is 0.578 bits per heavy atom. The van der Waals surface area contributed by atoms with E-state index >= 15 is 0 Å². The summed E-state index contributed by atoms with van der Waals surface area (Å²) in [6.07, 6.45) is 18.4. The van der Waals surface area contributed by atoms with E-state index in [0.29, 0.717) is 36.7 Å². The molecule has 1 aliphatic rings. The van der Waals surface area contributed by atoms with Gasteiger partial charge in [0, 0.05) is 54.9 Å². The van der Waals surface area contributed by atoms with Gasteiger partial charge in [-0.15, -0.1) is 10.2 Å². The normalized spacial score (nSPS) is 12.5. The number of carbonyl (C=O) groups is 4. The van der Waals surface area contributed by atoms with Gasteiger partial charge in [-0.05, 0) is 63.6 Å². The van der Waals surface area contributed by atoms with Crippen molar-refractivity contribution in [3.63, 3.8) is 0 Å². The first-order valence-electron chi connectivity index (χ1n) is 20.7. The summed E-state index contributed by atoms with van der Waals surface area (Å²) in [4.78, 5) is 67.4. The second-order valence-electron chi connectivity index (χ2n) is 15.0. The van der Waals surface area contributed by atoms with Crippen molar-refractivity contribution in [1.29, 1.82) is 0 Å². The zero-order valence-electron chi connectivity index (χ0n) is 34.8. The molecule has 0 bridgehead atoms. The molecule has 0 aliphatic heterocycles. The summed E-state index contributed by atoms with van der Waals surface area (Å²) in [5.41, 5.74) is 3.01. The Morgan fingerprint density at radius 2 is 1.06 bits per heavy atom. The van der Waals surface area contributed by atoms with Gasteiger partial charge in [-0.1, -0.05) is 90.4 Å². The first kappa shape index (κ1) is 42.4. The van der Waals surface area contributed by atoms with Crippen molar-refractivity contribution in [2.24, 2.45) is 5.92 Å². The number of ether oxygens (including phenoxy) is 1. The van der Waals surface area contributed by atoms with E-state index in [9.17, 15) is 19.2 Å². The maximum atomic E-state index is 13.3. The van der Waals surface area contributed by atoms with Gasteiger partial charge in [-0.2, -0.15) is 0 Å². The molecule has 3 N–H and O–H groups in total. The van der Waals surface area contributed by atoms with Gasteiger partial charge in [0.15, 0.2) is 23.0 Å². The molecule has 0 unspecified atom stereocenters. The highest BCUT2D eigenvalue weighted by Crippen LogP contribution is 2.27. The average molecular weight is 858 g/mol. The number of rotatable bonds is 12. The Kier molecular flexibility index (Phi) is 13.3. The quantitative estimate of drug-likeness (QED) is 0.118. The van der Waals surface area contributed by atoms with Crippen LogP contribution in [0.25, 0.3) is 21.5 Å². The topological polar surface area (TPSA) is 227 Å². The predicted octanol–water partition coefficient (Wildman–Crippen LogP) is 6.14. The fraction of sp³-hybridized carbons (Fsp3) is 0.217. The largest absolute Gasteiger partial charge is 0.464 e. The summed E-state index contributed by atoms with van der Waals surface area (Å²) in [5.74, 6) is -1.08. The molecule has 9 rings (SSSR count). The third-order valence-electron chi connectivity index (χ3n) is 10.9. The first-order valence-corrected chi connectivity index (χ1v) is 20.7. The lowest BCUT2D eigenvalue weighted by molar-refractivity contribution is 0.0594. The number of aromatic nitrogens is 10. The highest BCUT2D eigenvalue weighted by molar-refractivity contribution is 6.15. The summed E-state index contributed by atoms with van der Waals surface area (Å²) in [6.45, 7) is 1.68. The van der Waals surface area contributed by atoms with Crippen LogP contribution in [0.3, 0.4) is 0 Å². The molecule has 0 atom stereocenters. The average Bonchev–Trinajstić information content (AvgIpc) is 4.07. The summed E-state index contributed by atoms with van der Waals surface area (Å²) < 4.78 is 8.14. The van der Waals surface area contributed by atoms with Crippen molar-refractivity contribution in [1.82, 2.24) is 55.2 Å². The van der Waals surface area contributed by atoms with Crippen LogP contribution in [0.15, 0.2) is 122 Å². The van der Waals surface area contributed by atoms with Crippen LogP contribution in [0.2, 0.25) is 0 Å². The molecule has 0 radical (unpaired) electrons. The van der Waals surface area contributed by atoms with Gasteiger partial charge >= 0.3 is 5.97 Å². The van der Waals surface area contributed by atoms with Crippen LogP contribution in [0, 0.1) is 5.92 Å². The van der Waals surface area contributed by atoms with E-state index in [1.165, 1.54) is 51.2 Å². The Balaban J connectivity index is 0.000000178. The van der Waals surface area contributed by atoms with Gasteiger partial charge in [0.1, 0.15) is 0 Å². The minimum absolute atomic E-state index is 0.0418. The lowest BCUT2D eigenvalue weighted by atomic mass is 9.89. The van der Waals surface area contributed by atoms with Crippen molar-refractivity contribution in [3.8, 4) is 0 Å². The van der Waals surface area contributed by atoms with E-state index < -0.39 is 11.9 Å². The molecule has 8 aromatic rings. The summed E-state index contributed by atoms with van der Waals surface area (Å²) >= 11 is 0. The maximum Gasteiger partial charge on any atom is 0.360 e. The summed E-state index contributed by atoms with van der Waals surface area (Å²) in [5, 5.41) is 27.6. The van der Waals surface area contributed by atoms with E-state index in [4.69, 9.17) is 4.74 Å². The number of methoxy groups -OCH3 is 1. The molecular weight excluding hydrogens is 815 g/mol. The van der Waals surface area contributed by atoms with Crippen LogP contribution < -0.4 is 16.0 Å². The number of anilines is 2. The Hall–Kier alpha value is -8.28. The lowest BCUT2D eigenvalue weighted by Crippen LogP contribution is -2.32. The number of benzene rings is 4. The van der Waals surface area contributed by atoms with Crippen LogP contribution >= 0.6 is 0 Å². The molecular formula is C46H43N13O5. The molecule has 0 spiro atoms. The molecule has 0 saturated heterocycles. The predicted molar refractivity (Wildman–Crippen MR) is 236 cm³/mol. The van der Waals surface area contributed by atoms with Crippen LogP contribution in [0.1, 0.15) is 84.9 Å². The number of amides is 3. The van der Waals surface area contributed by atoms with E-state index in [1.54, 1.807) is 46.3 Å². The number of hydrogen-bond donors (Lipinski definition) is 3. The first-order chi connectivity index (χ1) is 31.4. The fourth-order valence-corrected chi connectivity index (χ4v) is 7.71. The van der Waals surface area contributed by atoms with Crippen LogP contribution in [0.4, 0.5) is 11.6 Å². The van der Waals surface area contributed by atoms with Crippen molar-refractivity contribution in [3.05, 3.63) is 156 Å². The SMILES string of the molecule is COC(=O)c1nccnc1NC(=O)c1ccc(Cn2ccnn2)c2ccccc12.O=C(NCC1CCCCC1)c1nccnc1NC(=O)c1ccc(Cn2ccnn2)c2ccccc12. The monoisotopic (exact) mass is 857 g/mol. The Labute approximate surface area is 366 Å². The highest BCUT2D eigenvalue weighted by atomic mass is 16.5. The van der Waals surface area contributed by atoms with Crippen molar-refractivity contribution in [2.45, 2.75) is 45.2 Å². The smallest absolute Gasteiger partial charge is 0.360 e. The van der Waals surface area contributed by atoms with Crippen molar-refractivity contribution >= 4 is 56.9 Å². The number of hydrogen-bond acceptors (Lipinski definition) is 13. The second-order valence-corrected chi connectivity index (χ2v) is 15.0. The summed E-state index contributed by atoms with van der Waals surface area (Å²) in [6, 6.07) is 22.6. The zero-order chi connectivity index (χ0) is 44.3. The Bertz CT molecular complexity index is 2920. The van der Waals surface area contributed by atoms with Gasteiger partial charge in [-0.3, -0.25) is 14.4 Å². The van der Waals surface area contributed by atoms with Crippen LogP contribution in [0.5, 0.6) is 0 Å². The highest BCUT2D eigenvalue weighted by Gasteiger charge is 2.22. The van der Waals surface area contributed by atoms with Crippen LogP contribution in [-0.2, 0) is 17.8 Å². The van der Waals surface area contributed by atoms with E-state index in [2.05, 4.69) is 56.5 Å². The fourth-order valence-electron chi connectivity index (χ4n) is 7.71. The number of fused-ring (bicyclic) bond motifs is 2.